The number of carbonyl (C=O) groups is 2. The summed E-state index contributed by atoms with van der Waals surface area (Å²) < 4.78 is 41.9. The number of hydrogen-bond donors (Lipinski definition) is 1. The molecule has 11 nitrogen and oxygen atoms in total. The molecule has 11 heteroatoms. The van der Waals surface area contributed by atoms with E-state index in [1.54, 1.807) is 48.7 Å². The summed E-state index contributed by atoms with van der Waals surface area (Å²) in [6.07, 6.45) is 7.81. The minimum Gasteiger partial charge on any atom is -0.493 e. The average molecular weight is 687 g/mol. The number of hydrogen-bond acceptors (Lipinski definition) is 11. The third-order valence-electron chi connectivity index (χ3n) is 8.30. The number of benzene rings is 2. The number of cyclic esters (lactones) is 1. The highest BCUT2D eigenvalue weighted by Gasteiger charge is 2.45. The molecule has 0 saturated carbocycles. The van der Waals surface area contributed by atoms with Crippen molar-refractivity contribution in [2.45, 2.75) is 70.7 Å². The van der Waals surface area contributed by atoms with Crippen LogP contribution >= 0.6 is 0 Å². The average Bonchev–Trinajstić information content (AvgIpc) is 3.42. The molecule has 2 aliphatic rings. The topological polar surface area (TPSA) is 124 Å². The second-order valence-corrected chi connectivity index (χ2v) is 12.6. The van der Waals surface area contributed by atoms with Crippen LogP contribution in [0.25, 0.3) is 6.08 Å². The normalized spacial score (nSPS) is 23.8. The Bertz CT molecular complexity index is 1630. The van der Waals surface area contributed by atoms with E-state index in [0.717, 1.165) is 5.82 Å². The zero-order chi connectivity index (χ0) is 35.5. The van der Waals surface area contributed by atoms with Crippen LogP contribution in [-0.4, -0.2) is 74.2 Å². The molecule has 0 amide bonds. The molecule has 1 aromatic heterocycles. The van der Waals surface area contributed by atoms with Crippen molar-refractivity contribution in [3.8, 4) is 11.5 Å². The van der Waals surface area contributed by atoms with E-state index in [-0.39, 0.29) is 24.0 Å². The summed E-state index contributed by atoms with van der Waals surface area (Å²) in [5.41, 5.74) is 1.22. The van der Waals surface area contributed by atoms with Crippen molar-refractivity contribution in [1.29, 1.82) is 0 Å². The number of aromatic nitrogens is 1. The predicted octanol–water partition coefficient (Wildman–Crippen LogP) is 6.85. The Kier molecular flexibility index (Phi) is 12.6. The van der Waals surface area contributed by atoms with Gasteiger partial charge in [0.05, 0.1) is 18.3 Å². The monoisotopic (exact) mass is 686 g/mol. The van der Waals surface area contributed by atoms with Gasteiger partial charge >= 0.3 is 11.9 Å². The summed E-state index contributed by atoms with van der Waals surface area (Å²) in [4.78, 5) is 31.3. The molecular weight excluding hydrogens is 640 g/mol. The van der Waals surface area contributed by atoms with Crippen molar-refractivity contribution in [1.82, 2.24) is 4.98 Å². The number of pyridine rings is 1. The van der Waals surface area contributed by atoms with E-state index in [1.165, 1.54) is 7.11 Å². The lowest BCUT2D eigenvalue weighted by atomic mass is 9.98. The van der Waals surface area contributed by atoms with Crippen molar-refractivity contribution < 1.29 is 42.7 Å². The van der Waals surface area contributed by atoms with E-state index in [2.05, 4.69) is 10.3 Å². The molecule has 5 rings (SSSR count). The molecule has 2 aliphatic heterocycles. The number of esters is 2. The van der Waals surface area contributed by atoms with Crippen molar-refractivity contribution >= 4 is 23.8 Å². The fourth-order valence-electron chi connectivity index (χ4n) is 5.64. The lowest BCUT2D eigenvalue weighted by molar-refractivity contribution is -0.152. The third kappa shape index (κ3) is 9.93. The molecule has 3 heterocycles. The van der Waals surface area contributed by atoms with Gasteiger partial charge in [-0.3, -0.25) is 0 Å². The first-order chi connectivity index (χ1) is 24.1. The smallest absolute Gasteiger partial charge is 0.342 e. The Balaban J connectivity index is 1.43. The summed E-state index contributed by atoms with van der Waals surface area (Å²) in [7, 11) is 1.51. The lowest BCUT2D eigenvalue weighted by Crippen LogP contribution is -2.37. The quantitative estimate of drug-likeness (QED) is 0.0987. The number of rotatable bonds is 11. The number of nitrogens with zero attached hydrogens (tertiary/aromatic N) is 1. The third-order valence-corrected chi connectivity index (χ3v) is 8.30. The van der Waals surface area contributed by atoms with E-state index in [0.29, 0.717) is 42.9 Å². The van der Waals surface area contributed by atoms with E-state index in [9.17, 15) is 9.59 Å². The number of nitrogens with one attached hydrogen (secondary N) is 1. The largest absolute Gasteiger partial charge is 0.493 e. The SMILES string of the molecule is COCOc1cc(OCCCNc2ccccn2)cc2c1C(=O)O[C@@H](C)[C@H](C)/C=C\C(OC(=O)c1ccccc1)[C@H]1OC(C)(C)O[C@H]1CC=C2. The van der Waals surface area contributed by atoms with Gasteiger partial charge in [-0.25, -0.2) is 14.6 Å². The summed E-state index contributed by atoms with van der Waals surface area (Å²) in [5, 5.41) is 3.27. The molecule has 0 bridgehead atoms. The van der Waals surface area contributed by atoms with Crippen LogP contribution in [0.15, 0.2) is 85.1 Å². The second-order valence-electron chi connectivity index (χ2n) is 12.6. The van der Waals surface area contributed by atoms with Crippen LogP contribution in [0, 0.1) is 5.92 Å². The lowest BCUT2D eigenvalue weighted by Gasteiger charge is -2.25. The molecule has 5 atom stereocenters. The van der Waals surface area contributed by atoms with Crippen LogP contribution in [0.1, 0.15) is 66.8 Å². The molecule has 266 valence electrons. The van der Waals surface area contributed by atoms with Gasteiger partial charge in [-0.1, -0.05) is 49.4 Å². The van der Waals surface area contributed by atoms with Crippen LogP contribution in [0.4, 0.5) is 5.82 Å². The number of fused-ring (bicyclic) bond motifs is 2. The van der Waals surface area contributed by atoms with Gasteiger partial charge in [0.25, 0.3) is 0 Å². The van der Waals surface area contributed by atoms with Gasteiger partial charge in [0.2, 0.25) is 0 Å². The van der Waals surface area contributed by atoms with Crippen molar-refractivity contribution in [2.75, 3.05) is 32.4 Å². The maximum atomic E-state index is 13.8. The first-order valence-corrected chi connectivity index (χ1v) is 16.9. The summed E-state index contributed by atoms with van der Waals surface area (Å²) in [6.45, 7) is 8.39. The molecule has 0 radical (unpaired) electrons. The summed E-state index contributed by atoms with van der Waals surface area (Å²) >= 11 is 0. The van der Waals surface area contributed by atoms with Gasteiger partial charge < -0.3 is 38.5 Å². The van der Waals surface area contributed by atoms with Gasteiger partial charge in [-0.05, 0) is 75.6 Å². The molecule has 1 saturated heterocycles. The molecule has 1 N–H and O–H groups in total. The fraction of sp³-hybridized carbons (Fsp3) is 0.410. The van der Waals surface area contributed by atoms with Gasteiger partial charge in [-0.2, -0.15) is 0 Å². The molecule has 3 aromatic rings. The van der Waals surface area contributed by atoms with Gasteiger partial charge in [0.1, 0.15) is 41.2 Å². The van der Waals surface area contributed by atoms with E-state index < -0.39 is 42.1 Å². The van der Waals surface area contributed by atoms with Crippen molar-refractivity contribution in [2.24, 2.45) is 5.92 Å². The molecule has 0 spiro atoms. The highest BCUT2D eigenvalue weighted by atomic mass is 16.8. The number of methoxy groups -OCH3 is 1. The molecule has 1 unspecified atom stereocenters. The van der Waals surface area contributed by atoms with Gasteiger partial charge in [-0.15, -0.1) is 0 Å². The fourth-order valence-corrected chi connectivity index (χ4v) is 5.64. The standard InChI is InChI=1S/C39H46N2O9/c1-26-18-19-31(48-37(42)28-13-7-6-8-14-28)36-32(49-39(3,4)50-36)16-11-15-29-23-30(45-22-12-21-41-34-17-9-10-20-40-34)24-33(46-25-44-5)35(29)38(43)47-27(26)2/h6-11,13-15,17-20,23-24,26-27,31-32,36H,12,16,21-22,25H2,1-5H3,(H,40,41)/b15-11?,19-18-/t26-,27+,31?,32+,36-/m1/s1. The summed E-state index contributed by atoms with van der Waals surface area (Å²) in [6, 6.07) is 18.0. The van der Waals surface area contributed by atoms with Crippen LogP contribution in [0.2, 0.25) is 0 Å². The molecular formula is C39H46N2O9. The number of carbonyl (C=O) groups excluding carboxylic acids is 2. The minimum absolute atomic E-state index is 0.0807. The van der Waals surface area contributed by atoms with Crippen LogP contribution < -0.4 is 14.8 Å². The van der Waals surface area contributed by atoms with E-state index in [1.807, 2.05) is 70.2 Å². The maximum absolute atomic E-state index is 13.8. The zero-order valence-electron chi connectivity index (χ0n) is 29.2. The molecule has 50 heavy (non-hydrogen) atoms. The maximum Gasteiger partial charge on any atom is 0.342 e. The molecule has 2 aromatic carbocycles. The highest BCUT2D eigenvalue weighted by Crippen LogP contribution is 2.36. The van der Waals surface area contributed by atoms with E-state index >= 15 is 0 Å². The minimum atomic E-state index is -0.925. The Morgan fingerprint density at radius 3 is 2.58 bits per heavy atom. The van der Waals surface area contributed by atoms with Gasteiger partial charge in [0.15, 0.2) is 12.6 Å². The Hall–Kier alpha value is -4.71. The van der Waals surface area contributed by atoms with Gasteiger partial charge in [0, 0.05) is 31.8 Å². The highest BCUT2D eigenvalue weighted by molar-refractivity contribution is 5.97. The Morgan fingerprint density at radius 2 is 1.82 bits per heavy atom. The zero-order valence-corrected chi connectivity index (χ0v) is 29.2. The summed E-state index contributed by atoms with van der Waals surface area (Å²) in [5.74, 6) is -0.630. The van der Waals surface area contributed by atoms with Crippen LogP contribution in [0.5, 0.6) is 11.5 Å². The molecule has 1 fully saturated rings. The van der Waals surface area contributed by atoms with Crippen molar-refractivity contribution in [3.63, 3.8) is 0 Å². The number of anilines is 1. The second kappa shape index (κ2) is 17.3. The Labute approximate surface area is 293 Å². The Morgan fingerprint density at radius 1 is 1.02 bits per heavy atom. The van der Waals surface area contributed by atoms with Crippen LogP contribution in [-0.2, 0) is 23.7 Å². The molecule has 0 aliphatic carbocycles. The van der Waals surface area contributed by atoms with Crippen LogP contribution in [0.3, 0.4) is 0 Å². The number of ether oxygens (including phenoxy) is 7. The first kappa shape index (κ1) is 36.6. The predicted molar refractivity (Wildman–Crippen MR) is 188 cm³/mol. The van der Waals surface area contributed by atoms with Crippen molar-refractivity contribution in [3.05, 3.63) is 102 Å². The first-order valence-electron chi connectivity index (χ1n) is 16.9. The van der Waals surface area contributed by atoms with E-state index in [4.69, 9.17) is 33.2 Å².